The van der Waals surface area contributed by atoms with E-state index in [2.05, 4.69) is 15.3 Å². The third-order valence-corrected chi connectivity index (χ3v) is 2.55. The van der Waals surface area contributed by atoms with Gasteiger partial charge in [-0.3, -0.25) is 10.1 Å². The summed E-state index contributed by atoms with van der Waals surface area (Å²) in [6.07, 6.45) is 1.14. The number of nitro groups is 1. The highest BCUT2D eigenvalue weighted by Crippen LogP contribution is 2.28. The smallest absolute Gasteiger partial charge is 0.262 e. The van der Waals surface area contributed by atoms with Crippen LogP contribution < -0.4 is 10.2 Å². The van der Waals surface area contributed by atoms with Crippen LogP contribution in [0.5, 0.6) is 11.5 Å². The SMILES string of the molecule is Cc1nnc(C)n1/N=C\c1cc([N+](=O)[O-])c([O-])cc1[O-]. The number of nitro benzene ring substituents is 1. The summed E-state index contributed by atoms with van der Waals surface area (Å²) >= 11 is 0. The van der Waals surface area contributed by atoms with Gasteiger partial charge in [0, 0.05) is 6.07 Å². The van der Waals surface area contributed by atoms with Crippen molar-refractivity contribution >= 4 is 11.9 Å². The molecule has 0 aliphatic heterocycles. The fourth-order valence-corrected chi connectivity index (χ4v) is 1.56. The van der Waals surface area contributed by atoms with Gasteiger partial charge in [-0.25, -0.2) is 4.68 Å². The van der Waals surface area contributed by atoms with Crippen molar-refractivity contribution in [1.29, 1.82) is 0 Å². The number of aromatic nitrogens is 3. The normalized spacial score (nSPS) is 11.1. The number of benzene rings is 1. The number of hydrogen-bond donors (Lipinski definition) is 0. The van der Waals surface area contributed by atoms with Gasteiger partial charge in [0.05, 0.1) is 11.1 Å². The molecule has 1 aromatic carbocycles. The maximum atomic E-state index is 11.6. The van der Waals surface area contributed by atoms with Crippen molar-refractivity contribution in [3.8, 4) is 11.5 Å². The van der Waals surface area contributed by atoms with Crippen molar-refractivity contribution in [2.75, 3.05) is 0 Å². The molecule has 0 aliphatic rings. The van der Waals surface area contributed by atoms with E-state index in [0.29, 0.717) is 17.7 Å². The maximum absolute atomic E-state index is 11.6. The topological polar surface area (TPSA) is 132 Å². The van der Waals surface area contributed by atoms with Crippen LogP contribution in [0.15, 0.2) is 17.2 Å². The van der Waals surface area contributed by atoms with Gasteiger partial charge in [-0.05, 0) is 25.2 Å². The largest absolute Gasteiger partial charge is 0.872 e. The van der Waals surface area contributed by atoms with Crippen LogP contribution in [0, 0.1) is 24.0 Å². The molecule has 104 valence electrons. The van der Waals surface area contributed by atoms with Crippen molar-refractivity contribution in [3.63, 3.8) is 0 Å². The zero-order valence-corrected chi connectivity index (χ0v) is 10.6. The van der Waals surface area contributed by atoms with Gasteiger partial charge in [0.2, 0.25) is 0 Å². The molecule has 1 heterocycles. The first kappa shape index (κ1) is 13.5. The van der Waals surface area contributed by atoms with E-state index in [-0.39, 0.29) is 5.56 Å². The molecular formula is C11H9N5O4-2. The Labute approximate surface area is 113 Å². The third-order valence-electron chi connectivity index (χ3n) is 2.55. The molecule has 0 saturated carbocycles. The zero-order chi connectivity index (χ0) is 14.9. The second-order valence-corrected chi connectivity index (χ2v) is 3.97. The predicted octanol–water partition coefficient (Wildman–Crippen LogP) is -0.167. The minimum absolute atomic E-state index is 0.0520. The Bertz CT molecular complexity index is 688. The standard InChI is InChI=1S/C11H11N5O4/c1-6-13-14-7(2)15(6)12-5-8-3-9(16(19)20)11(18)4-10(8)17/h3-5,17-18H,1-2H3/p-2/b12-5-. The molecule has 9 heteroatoms. The van der Waals surface area contributed by atoms with E-state index >= 15 is 0 Å². The highest BCUT2D eigenvalue weighted by atomic mass is 16.6. The quantitative estimate of drug-likeness (QED) is 0.434. The van der Waals surface area contributed by atoms with E-state index in [4.69, 9.17) is 0 Å². The van der Waals surface area contributed by atoms with E-state index in [1.54, 1.807) is 13.8 Å². The molecule has 0 fully saturated rings. The van der Waals surface area contributed by atoms with Crippen molar-refractivity contribution in [3.05, 3.63) is 39.5 Å². The highest BCUT2D eigenvalue weighted by molar-refractivity contribution is 5.85. The number of hydrogen-bond acceptors (Lipinski definition) is 7. The van der Waals surface area contributed by atoms with Crippen molar-refractivity contribution < 1.29 is 15.1 Å². The zero-order valence-electron chi connectivity index (χ0n) is 10.6. The lowest BCUT2D eigenvalue weighted by Crippen LogP contribution is -2.04. The maximum Gasteiger partial charge on any atom is 0.262 e. The second kappa shape index (κ2) is 4.96. The molecule has 1 aromatic heterocycles. The van der Waals surface area contributed by atoms with Crippen LogP contribution in [0.3, 0.4) is 0 Å². The molecular weight excluding hydrogens is 266 g/mol. The van der Waals surface area contributed by atoms with Crippen LogP contribution in [-0.4, -0.2) is 26.0 Å². The predicted molar refractivity (Wildman–Crippen MR) is 64.5 cm³/mol. The Morgan fingerprint density at radius 3 is 2.35 bits per heavy atom. The highest BCUT2D eigenvalue weighted by Gasteiger charge is 2.08. The van der Waals surface area contributed by atoms with Gasteiger partial charge >= 0.3 is 0 Å². The molecule has 0 saturated heterocycles. The molecule has 0 amide bonds. The van der Waals surface area contributed by atoms with Gasteiger partial charge in [-0.15, -0.1) is 15.9 Å². The van der Waals surface area contributed by atoms with Gasteiger partial charge in [-0.1, -0.05) is 6.07 Å². The van der Waals surface area contributed by atoms with Gasteiger partial charge in [-0.2, -0.15) is 5.10 Å². The molecule has 0 unspecified atom stereocenters. The molecule has 20 heavy (non-hydrogen) atoms. The van der Waals surface area contributed by atoms with E-state index in [9.17, 15) is 20.3 Å². The molecule has 2 rings (SSSR count). The summed E-state index contributed by atoms with van der Waals surface area (Å²) < 4.78 is 1.37. The lowest BCUT2D eigenvalue weighted by atomic mass is 10.2. The number of aryl methyl sites for hydroxylation is 2. The molecule has 0 radical (unpaired) electrons. The third kappa shape index (κ3) is 2.41. The number of nitrogens with zero attached hydrogens (tertiary/aromatic N) is 5. The van der Waals surface area contributed by atoms with Gasteiger partial charge < -0.3 is 10.2 Å². The molecule has 0 spiro atoms. The second-order valence-electron chi connectivity index (χ2n) is 3.97. The van der Waals surface area contributed by atoms with Gasteiger partial charge in [0.25, 0.3) is 5.69 Å². The Morgan fingerprint density at radius 2 is 1.80 bits per heavy atom. The van der Waals surface area contributed by atoms with E-state index < -0.39 is 22.1 Å². The first-order valence-corrected chi connectivity index (χ1v) is 5.49. The molecule has 0 atom stereocenters. The summed E-state index contributed by atoms with van der Waals surface area (Å²) in [5, 5.41) is 45.0. The first-order chi connectivity index (χ1) is 9.40. The minimum Gasteiger partial charge on any atom is -0.872 e. The lowest BCUT2D eigenvalue weighted by molar-refractivity contribution is -0.398. The lowest BCUT2D eigenvalue weighted by Gasteiger charge is -2.15. The van der Waals surface area contributed by atoms with Crippen LogP contribution in [0.25, 0.3) is 0 Å². The summed E-state index contributed by atoms with van der Waals surface area (Å²) in [5.74, 6) is -0.552. The van der Waals surface area contributed by atoms with Gasteiger partial charge in [0.15, 0.2) is 11.6 Å². The van der Waals surface area contributed by atoms with E-state index in [1.807, 2.05) is 0 Å². The molecule has 0 bridgehead atoms. The van der Waals surface area contributed by atoms with Crippen molar-refractivity contribution in [1.82, 2.24) is 14.9 Å². The first-order valence-electron chi connectivity index (χ1n) is 5.49. The summed E-state index contributed by atoms with van der Waals surface area (Å²) in [5.41, 5.74) is -0.716. The fraction of sp³-hybridized carbons (Fsp3) is 0.182. The summed E-state index contributed by atoms with van der Waals surface area (Å²) in [7, 11) is 0. The Balaban J connectivity index is 2.44. The molecule has 9 nitrogen and oxygen atoms in total. The molecule has 0 aliphatic carbocycles. The fourth-order valence-electron chi connectivity index (χ4n) is 1.56. The summed E-state index contributed by atoms with van der Waals surface area (Å²) in [4.78, 5) is 9.82. The molecule has 0 N–H and O–H groups in total. The van der Waals surface area contributed by atoms with Crippen LogP contribution in [-0.2, 0) is 0 Å². The van der Waals surface area contributed by atoms with E-state index in [1.165, 1.54) is 4.68 Å². The van der Waals surface area contributed by atoms with Crippen LogP contribution >= 0.6 is 0 Å². The Morgan fingerprint density at radius 1 is 1.20 bits per heavy atom. The van der Waals surface area contributed by atoms with Crippen LogP contribution in [0.1, 0.15) is 17.2 Å². The van der Waals surface area contributed by atoms with Gasteiger partial charge in [0.1, 0.15) is 0 Å². The van der Waals surface area contributed by atoms with Crippen LogP contribution in [0.2, 0.25) is 0 Å². The Hall–Kier alpha value is -2.97. The average molecular weight is 275 g/mol. The average Bonchev–Trinajstić information content (AvgIpc) is 2.68. The summed E-state index contributed by atoms with van der Waals surface area (Å²) in [6, 6.07) is 1.58. The number of rotatable bonds is 3. The molecule has 2 aromatic rings. The monoisotopic (exact) mass is 275 g/mol. The van der Waals surface area contributed by atoms with Crippen LogP contribution in [0.4, 0.5) is 5.69 Å². The summed E-state index contributed by atoms with van der Waals surface area (Å²) in [6.45, 7) is 3.33. The minimum atomic E-state index is -0.922. The van der Waals surface area contributed by atoms with Crippen molar-refractivity contribution in [2.45, 2.75) is 13.8 Å². The van der Waals surface area contributed by atoms with Crippen molar-refractivity contribution in [2.24, 2.45) is 5.10 Å². The van der Waals surface area contributed by atoms with E-state index in [0.717, 1.165) is 12.3 Å². The Kier molecular flexibility index (Phi) is 3.34.